The van der Waals surface area contributed by atoms with E-state index in [4.69, 9.17) is 17.3 Å². The molecule has 0 aliphatic heterocycles. The molecule has 1 amide bonds. The second-order valence-electron chi connectivity index (χ2n) is 4.57. The summed E-state index contributed by atoms with van der Waals surface area (Å²) in [7, 11) is 0. The highest BCUT2D eigenvalue weighted by atomic mass is 35.5. The van der Waals surface area contributed by atoms with Crippen LogP contribution in [-0.2, 0) is 4.79 Å². The molecule has 17 heavy (non-hydrogen) atoms. The highest BCUT2D eigenvalue weighted by Gasteiger charge is 2.48. The van der Waals surface area contributed by atoms with Gasteiger partial charge in [-0.2, -0.15) is 0 Å². The third-order valence-corrected chi connectivity index (χ3v) is 3.83. The minimum Gasteiger partial charge on any atom is -0.370 e. The summed E-state index contributed by atoms with van der Waals surface area (Å²) in [6.07, 6.45) is 2.78. The molecule has 1 aliphatic rings. The monoisotopic (exact) mass is 252 g/mol. The predicted molar refractivity (Wildman–Crippen MR) is 70.0 cm³/mol. The van der Waals surface area contributed by atoms with Gasteiger partial charge in [0.1, 0.15) is 5.54 Å². The zero-order chi connectivity index (χ0) is 12.5. The van der Waals surface area contributed by atoms with E-state index >= 15 is 0 Å². The van der Waals surface area contributed by atoms with Crippen molar-refractivity contribution in [3.8, 4) is 0 Å². The van der Waals surface area contributed by atoms with E-state index in [0.717, 1.165) is 18.5 Å². The lowest BCUT2D eigenvalue weighted by Crippen LogP contribution is -2.52. The molecule has 0 spiro atoms. The first-order valence-corrected chi connectivity index (χ1v) is 6.30. The maximum absolute atomic E-state index is 11.8. The summed E-state index contributed by atoms with van der Waals surface area (Å²) >= 11 is 6.10. The first-order valence-electron chi connectivity index (χ1n) is 5.92. The van der Waals surface area contributed by atoms with Gasteiger partial charge in [0.25, 0.3) is 0 Å². The average Bonchev–Trinajstić information content (AvgIpc) is 3.12. The van der Waals surface area contributed by atoms with Crippen molar-refractivity contribution in [3.63, 3.8) is 0 Å². The average molecular weight is 253 g/mol. The van der Waals surface area contributed by atoms with Gasteiger partial charge in [0.15, 0.2) is 0 Å². The Labute approximate surface area is 106 Å². The summed E-state index contributed by atoms with van der Waals surface area (Å²) in [5.74, 6) is 0.0451. The standard InChI is InChI=1S/C13H17ClN2O/c1-2-13(12(15)17,9-7-8-9)16-11-6-4-3-5-10(11)14/h3-6,9,16H,2,7-8H2,1H3,(H2,15,17). The van der Waals surface area contributed by atoms with Gasteiger partial charge in [-0.3, -0.25) is 4.79 Å². The molecule has 1 aromatic carbocycles. The molecule has 1 saturated carbocycles. The van der Waals surface area contributed by atoms with Crippen molar-refractivity contribution in [2.75, 3.05) is 5.32 Å². The number of hydrogen-bond donors (Lipinski definition) is 2. The number of hydrogen-bond acceptors (Lipinski definition) is 2. The topological polar surface area (TPSA) is 55.1 Å². The van der Waals surface area contributed by atoms with Gasteiger partial charge in [-0.15, -0.1) is 0 Å². The Morgan fingerprint density at radius 2 is 2.18 bits per heavy atom. The van der Waals surface area contributed by atoms with Crippen LogP contribution in [0.3, 0.4) is 0 Å². The van der Waals surface area contributed by atoms with E-state index in [-0.39, 0.29) is 5.91 Å². The van der Waals surface area contributed by atoms with Crippen molar-refractivity contribution in [2.45, 2.75) is 31.7 Å². The Hall–Kier alpha value is -1.22. The number of carbonyl (C=O) groups is 1. The molecular formula is C13H17ClN2O. The molecule has 3 nitrogen and oxygen atoms in total. The van der Waals surface area contributed by atoms with Crippen molar-refractivity contribution in [3.05, 3.63) is 29.3 Å². The number of nitrogens with two attached hydrogens (primary N) is 1. The fraction of sp³-hybridized carbons (Fsp3) is 0.462. The number of amides is 1. The van der Waals surface area contributed by atoms with Crippen molar-refractivity contribution < 1.29 is 4.79 Å². The maximum Gasteiger partial charge on any atom is 0.243 e. The number of anilines is 1. The van der Waals surface area contributed by atoms with Crippen LogP contribution in [0.1, 0.15) is 26.2 Å². The van der Waals surface area contributed by atoms with E-state index in [1.54, 1.807) is 6.07 Å². The molecule has 0 aromatic heterocycles. The van der Waals surface area contributed by atoms with Crippen molar-refractivity contribution in [2.24, 2.45) is 11.7 Å². The molecule has 0 bridgehead atoms. The van der Waals surface area contributed by atoms with Crippen LogP contribution in [0.5, 0.6) is 0 Å². The van der Waals surface area contributed by atoms with Gasteiger partial charge in [-0.25, -0.2) is 0 Å². The Bertz CT molecular complexity index is 431. The van der Waals surface area contributed by atoms with Crippen LogP contribution in [0, 0.1) is 5.92 Å². The van der Waals surface area contributed by atoms with Crippen LogP contribution in [0.2, 0.25) is 5.02 Å². The number of para-hydroxylation sites is 1. The molecule has 0 saturated heterocycles. The van der Waals surface area contributed by atoms with E-state index in [2.05, 4.69) is 5.32 Å². The van der Waals surface area contributed by atoms with E-state index in [1.807, 2.05) is 25.1 Å². The van der Waals surface area contributed by atoms with Gasteiger partial charge in [0.05, 0.1) is 10.7 Å². The number of rotatable bonds is 5. The molecule has 1 aromatic rings. The predicted octanol–water partition coefficient (Wildman–Crippen LogP) is 2.80. The van der Waals surface area contributed by atoms with E-state index in [9.17, 15) is 4.79 Å². The third kappa shape index (κ3) is 2.25. The molecule has 3 N–H and O–H groups in total. The first-order chi connectivity index (χ1) is 8.10. The molecule has 1 atom stereocenters. The smallest absolute Gasteiger partial charge is 0.243 e. The summed E-state index contributed by atoms with van der Waals surface area (Å²) in [4.78, 5) is 11.8. The van der Waals surface area contributed by atoms with Crippen LogP contribution in [0.15, 0.2) is 24.3 Å². The number of nitrogens with one attached hydrogen (secondary N) is 1. The molecule has 92 valence electrons. The lowest BCUT2D eigenvalue weighted by Gasteiger charge is -2.32. The Balaban J connectivity index is 2.30. The molecule has 0 radical (unpaired) electrons. The highest BCUT2D eigenvalue weighted by molar-refractivity contribution is 6.33. The van der Waals surface area contributed by atoms with Gasteiger partial charge >= 0.3 is 0 Å². The van der Waals surface area contributed by atoms with E-state index in [0.29, 0.717) is 17.4 Å². The number of halogens is 1. The Morgan fingerprint density at radius 1 is 1.53 bits per heavy atom. The fourth-order valence-corrected chi connectivity index (χ4v) is 2.48. The molecule has 0 heterocycles. The number of primary amides is 1. The Kier molecular flexibility index (Phi) is 3.29. The second-order valence-corrected chi connectivity index (χ2v) is 4.98. The summed E-state index contributed by atoms with van der Waals surface area (Å²) in [5, 5.41) is 3.88. The zero-order valence-corrected chi connectivity index (χ0v) is 10.6. The second kappa shape index (κ2) is 4.57. The van der Waals surface area contributed by atoms with E-state index in [1.165, 1.54) is 0 Å². The molecule has 1 aliphatic carbocycles. The number of carbonyl (C=O) groups excluding carboxylic acids is 1. The van der Waals surface area contributed by atoms with Crippen LogP contribution < -0.4 is 11.1 Å². The van der Waals surface area contributed by atoms with Crippen molar-refractivity contribution in [1.29, 1.82) is 0 Å². The van der Waals surface area contributed by atoms with Crippen molar-refractivity contribution in [1.82, 2.24) is 0 Å². The molecule has 1 fully saturated rings. The lowest BCUT2D eigenvalue weighted by molar-refractivity contribution is -0.123. The van der Waals surface area contributed by atoms with Gasteiger partial charge in [0, 0.05) is 0 Å². The Morgan fingerprint density at radius 3 is 2.65 bits per heavy atom. The SMILES string of the molecule is CCC(Nc1ccccc1Cl)(C(N)=O)C1CC1. The van der Waals surface area contributed by atoms with Crippen molar-refractivity contribution >= 4 is 23.2 Å². The lowest BCUT2D eigenvalue weighted by atomic mass is 9.89. The minimum atomic E-state index is -0.648. The molecule has 4 heteroatoms. The summed E-state index contributed by atoms with van der Waals surface area (Å²) < 4.78 is 0. The van der Waals surface area contributed by atoms with Crippen LogP contribution in [0.25, 0.3) is 0 Å². The first kappa shape index (κ1) is 12.2. The van der Waals surface area contributed by atoms with Gasteiger partial charge in [-0.05, 0) is 37.3 Å². The molecule has 2 rings (SSSR count). The van der Waals surface area contributed by atoms with Crippen LogP contribution in [0.4, 0.5) is 5.69 Å². The van der Waals surface area contributed by atoms with Crippen LogP contribution >= 0.6 is 11.6 Å². The highest BCUT2D eigenvalue weighted by Crippen LogP contribution is 2.44. The van der Waals surface area contributed by atoms with Crippen LogP contribution in [-0.4, -0.2) is 11.4 Å². The number of benzene rings is 1. The normalized spacial score (nSPS) is 18.5. The zero-order valence-electron chi connectivity index (χ0n) is 9.87. The van der Waals surface area contributed by atoms with Gasteiger partial charge in [-0.1, -0.05) is 30.7 Å². The third-order valence-electron chi connectivity index (χ3n) is 3.50. The maximum atomic E-state index is 11.8. The largest absolute Gasteiger partial charge is 0.370 e. The van der Waals surface area contributed by atoms with Gasteiger partial charge < -0.3 is 11.1 Å². The summed E-state index contributed by atoms with van der Waals surface area (Å²) in [5.41, 5.74) is 5.71. The fourth-order valence-electron chi connectivity index (χ4n) is 2.30. The quantitative estimate of drug-likeness (QED) is 0.847. The summed E-state index contributed by atoms with van der Waals surface area (Å²) in [6, 6.07) is 7.43. The summed E-state index contributed by atoms with van der Waals surface area (Å²) in [6.45, 7) is 1.98. The molecular weight excluding hydrogens is 236 g/mol. The van der Waals surface area contributed by atoms with Gasteiger partial charge in [0.2, 0.25) is 5.91 Å². The molecule has 1 unspecified atom stereocenters. The minimum absolute atomic E-state index is 0.289. The van der Waals surface area contributed by atoms with E-state index < -0.39 is 5.54 Å².